The Morgan fingerprint density at radius 3 is 2.94 bits per heavy atom. The van der Waals surface area contributed by atoms with E-state index in [2.05, 4.69) is 30.5 Å². The zero-order chi connectivity index (χ0) is 11.7. The maximum absolute atomic E-state index is 11.4. The number of halogens is 1. The molecule has 0 spiro atoms. The zero-order valence-corrected chi connectivity index (χ0v) is 10.2. The number of rotatable bonds is 2. The minimum absolute atomic E-state index is 0.177. The topological polar surface area (TPSA) is 107 Å². The summed E-state index contributed by atoms with van der Waals surface area (Å²) in [6.45, 7) is 0.177. The van der Waals surface area contributed by atoms with Crippen molar-refractivity contribution in [1.29, 1.82) is 0 Å². The number of nitrogens with one attached hydrogen (secondary N) is 1. The van der Waals surface area contributed by atoms with Crippen LogP contribution in [0, 0.1) is 0 Å². The first-order valence-electron chi connectivity index (χ1n) is 4.14. The van der Waals surface area contributed by atoms with Gasteiger partial charge < -0.3 is 5.73 Å². The van der Waals surface area contributed by atoms with Gasteiger partial charge in [0.05, 0.1) is 11.0 Å². The highest BCUT2D eigenvalue weighted by molar-refractivity contribution is 9.10. The molecule has 84 valence electrons. The lowest BCUT2D eigenvalue weighted by molar-refractivity contribution is 0.700. The number of nitrogen functional groups attached to an aromatic ring is 1. The standard InChI is InChI=1S/C7H6BrN5O2S/c8-3-1-13(7(15)10-6(3)14)2-4-5(9)16-12-11-4/h1H,2,9H2,(H,10,14,15). The molecule has 0 amide bonds. The van der Waals surface area contributed by atoms with Gasteiger partial charge >= 0.3 is 5.69 Å². The van der Waals surface area contributed by atoms with E-state index in [1.807, 2.05) is 0 Å². The highest BCUT2D eigenvalue weighted by atomic mass is 79.9. The molecule has 16 heavy (non-hydrogen) atoms. The van der Waals surface area contributed by atoms with Crippen LogP contribution in [0.5, 0.6) is 0 Å². The quantitative estimate of drug-likeness (QED) is 0.798. The van der Waals surface area contributed by atoms with E-state index in [9.17, 15) is 9.59 Å². The molecule has 0 saturated heterocycles. The number of nitrogens with two attached hydrogens (primary N) is 1. The fraction of sp³-hybridized carbons (Fsp3) is 0.143. The molecular weight excluding hydrogens is 298 g/mol. The normalized spacial score (nSPS) is 10.6. The third kappa shape index (κ3) is 2.04. The van der Waals surface area contributed by atoms with Crippen LogP contribution in [0.3, 0.4) is 0 Å². The first kappa shape index (κ1) is 11.0. The van der Waals surface area contributed by atoms with Crippen LogP contribution in [-0.4, -0.2) is 19.1 Å². The van der Waals surface area contributed by atoms with Gasteiger partial charge in [-0.2, -0.15) is 0 Å². The zero-order valence-electron chi connectivity index (χ0n) is 7.81. The van der Waals surface area contributed by atoms with Gasteiger partial charge in [0, 0.05) is 17.7 Å². The van der Waals surface area contributed by atoms with Gasteiger partial charge in [-0.25, -0.2) is 4.79 Å². The van der Waals surface area contributed by atoms with Crippen LogP contribution < -0.4 is 17.0 Å². The number of aromatic amines is 1. The molecule has 0 bridgehead atoms. The fourth-order valence-electron chi connectivity index (χ4n) is 1.09. The summed E-state index contributed by atoms with van der Waals surface area (Å²) in [7, 11) is 0. The van der Waals surface area contributed by atoms with E-state index in [4.69, 9.17) is 5.73 Å². The molecule has 0 radical (unpaired) electrons. The molecule has 0 aliphatic heterocycles. The van der Waals surface area contributed by atoms with Gasteiger partial charge in [0.15, 0.2) is 0 Å². The molecule has 0 aliphatic rings. The minimum Gasteiger partial charge on any atom is -0.388 e. The Morgan fingerprint density at radius 1 is 1.56 bits per heavy atom. The first-order chi connectivity index (χ1) is 7.58. The molecule has 2 aromatic heterocycles. The highest BCUT2D eigenvalue weighted by Gasteiger charge is 2.08. The maximum atomic E-state index is 11.4. The van der Waals surface area contributed by atoms with Crippen molar-refractivity contribution < 1.29 is 0 Å². The minimum atomic E-state index is -0.513. The lowest BCUT2D eigenvalue weighted by Crippen LogP contribution is -2.30. The van der Waals surface area contributed by atoms with Gasteiger partial charge in [-0.3, -0.25) is 14.3 Å². The Bertz CT molecular complexity index is 630. The number of hydrogen-bond donors (Lipinski definition) is 2. The van der Waals surface area contributed by atoms with Gasteiger partial charge in [-0.15, -0.1) is 5.10 Å². The molecule has 0 aromatic carbocycles. The molecule has 2 rings (SSSR count). The van der Waals surface area contributed by atoms with Crippen LogP contribution in [0.25, 0.3) is 0 Å². The largest absolute Gasteiger partial charge is 0.388 e. The average molecular weight is 304 g/mol. The molecule has 7 nitrogen and oxygen atoms in total. The molecule has 9 heteroatoms. The molecule has 0 saturated carbocycles. The van der Waals surface area contributed by atoms with Crippen LogP contribution in [0.15, 0.2) is 20.3 Å². The Morgan fingerprint density at radius 2 is 2.31 bits per heavy atom. The van der Waals surface area contributed by atoms with E-state index in [1.54, 1.807) is 0 Å². The highest BCUT2D eigenvalue weighted by Crippen LogP contribution is 2.13. The van der Waals surface area contributed by atoms with Crippen molar-refractivity contribution in [2.24, 2.45) is 0 Å². The van der Waals surface area contributed by atoms with E-state index in [1.165, 1.54) is 10.8 Å². The van der Waals surface area contributed by atoms with E-state index >= 15 is 0 Å². The number of nitrogens with zero attached hydrogens (tertiary/aromatic N) is 3. The van der Waals surface area contributed by atoms with Crippen LogP contribution >= 0.6 is 27.5 Å². The first-order valence-corrected chi connectivity index (χ1v) is 5.70. The van der Waals surface area contributed by atoms with Crippen molar-refractivity contribution in [3.63, 3.8) is 0 Å². The molecule has 2 heterocycles. The van der Waals surface area contributed by atoms with Crippen LogP contribution in [0.1, 0.15) is 5.69 Å². The summed E-state index contributed by atoms with van der Waals surface area (Å²) in [5, 5.41) is 4.23. The molecule has 0 unspecified atom stereocenters. The van der Waals surface area contributed by atoms with Crippen molar-refractivity contribution in [1.82, 2.24) is 19.1 Å². The van der Waals surface area contributed by atoms with E-state index < -0.39 is 11.2 Å². The number of H-pyrrole nitrogens is 1. The van der Waals surface area contributed by atoms with Gasteiger partial charge in [-0.05, 0) is 15.9 Å². The number of hydrogen-bond acceptors (Lipinski definition) is 6. The van der Waals surface area contributed by atoms with Crippen LogP contribution in [0.4, 0.5) is 5.00 Å². The van der Waals surface area contributed by atoms with Crippen LogP contribution in [-0.2, 0) is 6.54 Å². The molecule has 0 aliphatic carbocycles. The second-order valence-electron chi connectivity index (χ2n) is 2.95. The lowest BCUT2D eigenvalue weighted by Gasteiger charge is -2.02. The summed E-state index contributed by atoms with van der Waals surface area (Å²) in [5.74, 6) is 0. The Hall–Kier alpha value is -1.48. The van der Waals surface area contributed by atoms with Gasteiger partial charge in [0.2, 0.25) is 0 Å². The summed E-state index contributed by atoms with van der Waals surface area (Å²) in [5.41, 5.74) is 5.13. The second-order valence-corrected chi connectivity index (χ2v) is 4.59. The maximum Gasteiger partial charge on any atom is 0.328 e. The molecule has 3 N–H and O–H groups in total. The monoisotopic (exact) mass is 303 g/mol. The molecule has 0 fully saturated rings. The SMILES string of the molecule is Nc1snnc1Cn1cc(Br)c(=O)[nH]c1=O. The predicted molar refractivity (Wildman–Crippen MR) is 62.4 cm³/mol. The summed E-state index contributed by atoms with van der Waals surface area (Å²) < 4.78 is 5.22. The summed E-state index contributed by atoms with van der Waals surface area (Å²) in [6.07, 6.45) is 1.39. The van der Waals surface area contributed by atoms with Crippen molar-refractivity contribution >= 4 is 32.5 Å². The summed E-state index contributed by atoms with van der Waals surface area (Å²) in [4.78, 5) is 24.7. The summed E-state index contributed by atoms with van der Waals surface area (Å²) >= 11 is 4.09. The number of aromatic nitrogens is 4. The van der Waals surface area contributed by atoms with E-state index in [0.29, 0.717) is 10.7 Å². The van der Waals surface area contributed by atoms with E-state index in [-0.39, 0.29) is 11.0 Å². The summed E-state index contributed by atoms with van der Waals surface area (Å²) in [6, 6.07) is 0. The fourth-order valence-corrected chi connectivity index (χ4v) is 1.87. The van der Waals surface area contributed by atoms with Crippen molar-refractivity contribution in [3.8, 4) is 0 Å². The Labute approximate surface area is 101 Å². The number of anilines is 1. The van der Waals surface area contributed by atoms with Gasteiger partial charge in [0.25, 0.3) is 5.56 Å². The van der Waals surface area contributed by atoms with Gasteiger partial charge in [0.1, 0.15) is 10.7 Å². The third-order valence-corrected chi connectivity index (χ3v) is 3.03. The molecule has 2 aromatic rings. The van der Waals surface area contributed by atoms with Crippen molar-refractivity contribution in [2.75, 3.05) is 5.73 Å². The van der Waals surface area contributed by atoms with E-state index in [0.717, 1.165) is 11.5 Å². The smallest absolute Gasteiger partial charge is 0.328 e. The second kappa shape index (κ2) is 4.18. The average Bonchev–Trinajstić information content (AvgIpc) is 2.61. The Balaban J connectivity index is 2.43. The lowest BCUT2D eigenvalue weighted by atomic mass is 10.4. The van der Waals surface area contributed by atoms with Crippen LogP contribution in [0.2, 0.25) is 0 Å². The molecular formula is C7H6BrN5O2S. The third-order valence-electron chi connectivity index (χ3n) is 1.87. The van der Waals surface area contributed by atoms with Crippen molar-refractivity contribution in [3.05, 3.63) is 37.2 Å². The van der Waals surface area contributed by atoms with Gasteiger partial charge in [-0.1, -0.05) is 4.49 Å². The predicted octanol–water partition coefficient (Wildman–Crippen LogP) is -0.219. The molecule has 0 atom stereocenters. The van der Waals surface area contributed by atoms with Crippen molar-refractivity contribution in [2.45, 2.75) is 6.54 Å². The Kier molecular flexibility index (Phi) is 2.88.